The molecule has 0 heterocycles. The molecule has 7 rings (SSSR count). The Hall–Kier alpha value is -4.42. The molecule has 39 heavy (non-hydrogen) atoms. The molecular formula is C39H38. The van der Waals surface area contributed by atoms with Gasteiger partial charge in [-0.2, -0.15) is 0 Å². The summed E-state index contributed by atoms with van der Waals surface area (Å²) in [5, 5.41) is 10.6. The first kappa shape index (κ1) is 27.6. The summed E-state index contributed by atoms with van der Waals surface area (Å²) < 4.78 is 0. The van der Waals surface area contributed by atoms with Crippen molar-refractivity contribution in [1.29, 1.82) is 0 Å². The standard InChI is InChI=1S/C20H14.C14H10.C3H8.C2H6/c1-2-8-15(9-3-1)20-14-16-10-4-5-11-17(16)18-12-6-7-13-19(18)20;1-3-7-13-11(5-1)9-10-12-6-2-4-8-14(12)13;1-3-2;1-2/h1-14H;1-10H;3H2,1-2H3;1-2H3. The molecule has 0 fully saturated rings. The van der Waals surface area contributed by atoms with E-state index in [2.05, 4.69) is 159 Å². The van der Waals surface area contributed by atoms with E-state index in [4.69, 9.17) is 0 Å². The van der Waals surface area contributed by atoms with Crippen LogP contribution >= 0.6 is 0 Å². The lowest BCUT2D eigenvalue weighted by molar-refractivity contribution is 1.09. The Labute approximate surface area is 233 Å². The van der Waals surface area contributed by atoms with Gasteiger partial charge in [0, 0.05) is 0 Å². The molecule has 0 N–H and O–H groups in total. The van der Waals surface area contributed by atoms with Crippen molar-refractivity contribution in [2.75, 3.05) is 0 Å². The summed E-state index contributed by atoms with van der Waals surface area (Å²) >= 11 is 0. The average molecular weight is 507 g/mol. The number of hydrogen-bond acceptors (Lipinski definition) is 0. The lowest BCUT2D eigenvalue weighted by Crippen LogP contribution is -1.83. The summed E-state index contributed by atoms with van der Waals surface area (Å²) in [6.07, 6.45) is 1.25. The molecule has 7 aromatic rings. The third-order valence-electron chi connectivity index (χ3n) is 6.51. The van der Waals surface area contributed by atoms with E-state index < -0.39 is 0 Å². The van der Waals surface area contributed by atoms with Crippen LogP contribution in [-0.4, -0.2) is 0 Å². The van der Waals surface area contributed by atoms with E-state index in [-0.39, 0.29) is 0 Å². The molecule has 0 aliphatic rings. The van der Waals surface area contributed by atoms with Crippen molar-refractivity contribution in [1.82, 2.24) is 0 Å². The zero-order valence-electron chi connectivity index (χ0n) is 23.6. The van der Waals surface area contributed by atoms with E-state index in [9.17, 15) is 0 Å². The Morgan fingerprint density at radius 3 is 1.23 bits per heavy atom. The Kier molecular flexibility index (Phi) is 9.86. The lowest BCUT2D eigenvalue weighted by atomic mass is 9.93. The van der Waals surface area contributed by atoms with Gasteiger partial charge in [0.2, 0.25) is 0 Å². The molecule has 0 saturated heterocycles. The van der Waals surface area contributed by atoms with Gasteiger partial charge in [-0.15, -0.1) is 0 Å². The number of fused-ring (bicyclic) bond motifs is 6. The fourth-order valence-corrected chi connectivity index (χ4v) is 4.87. The van der Waals surface area contributed by atoms with Crippen LogP contribution in [-0.2, 0) is 0 Å². The molecule has 0 bridgehead atoms. The summed E-state index contributed by atoms with van der Waals surface area (Å²) in [4.78, 5) is 0. The molecule has 0 amide bonds. The fourth-order valence-electron chi connectivity index (χ4n) is 4.87. The van der Waals surface area contributed by atoms with Gasteiger partial charge in [-0.25, -0.2) is 0 Å². The van der Waals surface area contributed by atoms with Crippen LogP contribution in [0.25, 0.3) is 54.2 Å². The highest BCUT2D eigenvalue weighted by atomic mass is 14.1. The van der Waals surface area contributed by atoms with Crippen LogP contribution in [0.15, 0.2) is 146 Å². The van der Waals surface area contributed by atoms with Crippen molar-refractivity contribution in [3.05, 3.63) is 146 Å². The van der Waals surface area contributed by atoms with Crippen LogP contribution in [0, 0.1) is 0 Å². The van der Waals surface area contributed by atoms with Crippen molar-refractivity contribution in [3.63, 3.8) is 0 Å². The second-order valence-corrected chi connectivity index (χ2v) is 9.27. The van der Waals surface area contributed by atoms with Gasteiger partial charge < -0.3 is 0 Å². The molecule has 0 aromatic heterocycles. The predicted octanol–water partition coefficient (Wildman–Crippen LogP) is 12.1. The highest BCUT2D eigenvalue weighted by Gasteiger charge is 2.07. The molecule has 7 aromatic carbocycles. The number of benzene rings is 7. The third-order valence-corrected chi connectivity index (χ3v) is 6.51. The summed E-state index contributed by atoms with van der Waals surface area (Å²) in [5.41, 5.74) is 2.58. The molecule has 194 valence electrons. The van der Waals surface area contributed by atoms with E-state index in [1.807, 2.05) is 13.8 Å². The number of rotatable bonds is 1. The average Bonchev–Trinajstić information content (AvgIpc) is 3.03. The third kappa shape index (κ3) is 6.36. The minimum atomic E-state index is 1.25. The first-order chi connectivity index (χ1) is 19.3. The van der Waals surface area contributed by atoms with Crippen LogP contribution in [0.1, 0.15) is 34.1 Å². The smallest absolute Gasteiger partial charge is 0.00990 e. The first-order valence-electron chi connectivity index (χ1n) is 14.1. The quantitative estimate of drug-likeness (QED) is 0.194. The largest absolute Gasteiger partial charge is 0.0683 e. The van der Waals surface area contributed by atoms with Gasteiger partial charge >= 0.3 is 0 Å². The summed E-state index contributed by atoms with van der Waals surface area (Å²) in [5.74, 6) is 0. The molecule has 0 radical (unpaired) electrons. The highest BCUT2D eigenvalue weighted by molar-refractivity contribution is 6.13. The first-order valence-corrected chi connectivity index (χ1v) is 14.1. The second-order valence-electron chi connectivity index (χ2n) is 9.27. The van der Waals surface area contributed by atoms with Gasteiger partial charge in [-0.3, -0.25) is 0 Å². The van der Waals surface area contributed by atoms with E-state index in [0.717, 1.165) is 0 Å². The Morgan fingerprint density at radius 2 is 0.718 bits per heavy atom. The summed E-state index contributed by atoms with van der Waals surface area (Å²) in [7, 11) is 0. The van der Waals surface area contributed by atoms with E-state index in [1.54, 1.807) is 0 Å². The van der Waals surface area contributed by atoms with E-state index >= 15 is 0 Å². The maximum absolute atomic E-state index is 2.30. The zero-order valence-corrected chi connectivity index (χ0v) is 23.6. The Balaban J connectivity index is 0.000000162. The van der Waals surface area contributed by atoms with Crippen LogP contribution in [0.5, 0.6) is 0 Å². The molecule has 0 saturated carbocycles. The van der Waals surface area contributed by atoms with Gasteiger partial charge in [0.1, 0.15) is 0 Å². The van der Waals surface area contributed by atoms with Gasteiger partial charge in [0.05, 0.1) is 0 Å². The molecular weight excluding hydrogens is 468 g/mol. The van der Waals surface area contributed by atoms with Crippen molar-refractivity contribution in [3.8, 4) is 11.1 Å². The zero-order chi connectivity index (χ0) is 27.5. The van der Waals surface area contributed by atoms with Crippen LogP contribution < -0.4 is 0 Å². The number of hydrogen-bond donors (Lipinski definition) is 0. The van der Waals surface area contributed by atoms with Gasteiger partial charge in [0.25, 0.3) is 0 Å². The lowest BCUT2D eigenvalue weighted by Gasteiger charge is -2.10. The highest BCUT2D eigenvalue weighted by Crippen LogP contribution is 2.34. The van der Waals surface area contributed by atoms with Crippen molar-refractivity contribution in [2.45, 2.75) is 34.1 Å². The minimum absolute atomic E-state index is 1.25. The maximum atomic E-state index is 2.30. The van der Waals surface area contributed by atoms with Crippen LogP contribution in [0.4, 0.5) is 0 Å². The maximum Gasteiger partial charge on any atom is -0.00990 e. The van der Waals surface area contributed by atoms with Gasteiger partial charge in [-0.05, 0) is 60.3 Å². The SMILES string of the molecule is CC.CCC.c1ccc(-c2cc3ccccc3c3ccccc23)cc1.c1ccc2c(c1)ccc1ccccc12. The van der Waals surface area contributed by atoms with Crippen molar-refractivity contribution < 1.29 is 0 Å². The molecule has 0 atom stereocenters. The van der Waals surface area contributed by atoms with Crippen LogP contribution in [0.2, 0.25) is 0 Å². The summed E-state index contributed by atoms with van der Waals surface area (Å²) in [6, 6.07) is 51.5. The molecule has 0 nitrogen and oxygen atoms in total. The van der Waals surface area contributed by atoms with Crippen molar-refractivity contribution >= 4 is 43.1 Å². The normalized spacial score (nSPS) is 10.2. The van der Waals surface area contributed by atoms with Gasteiger partial charge in [-0.1, -0.05) is 174 Å². The molecule has 0 spiro atoms. The van der Waals surface area contributed by atoms with E-state index in [1.165, 1.54) is 60.6 Å². The Bertz CT molecular complexity index is 1710. The monoisotopic (exact) mass is 506 g/mol. The molecule has 0 unspecified atom stereocenters. The van der Waals surface area contributed by atoms with Crippen molar-refractivity contribution in [2.24, 2.45) is 0 Å². The fraction of sp³-hybridized carbons (Fsp3) is 0.128. The summed E-state index contributed by atoms with van der Waals surface area (Å²) in [6.45, 7) is 8.25. The second kappa shape index (κ2) is 13.9. The topological polar surface area (TPSA) is 0 Å². The Morgan fingerprint density at radius 1 is 0.359 bits per heavy atom. The molecule has 0 aliphatic carbocycles. The molecule has 0 aliphatic heterocycles. The minimum Gasteiger partial charge on any atom is -0.0683 e. The van der Waals surface area contributed by atoms with Crippen LogP contribution in [0.3, 0.4) is 0 Å². The molecule has 0 heteroatoms. The predicted molar refractivity (Wildman–Crippen MR) is 176 cm³/mol. The van der Waals surface area contributed by atoms with E-state index in [0.29, 0.717) is 0 Å². The van der Waals surface area contributed by atoms with Gasteiger partial charge in [0.15, 0.2) is 0 Å².